The number of nitrogens with one attached hydrogen (secondary N) is 1. The van der Waals surface area contributed by atoms with Gasteiger partial charge in [0.2, 0.25) is 5.91 Å². The number of fused-ring (bicyclic) bond motifs is 1. The number of piperidine rings is 1. The van der Waals surface area contributed by atoms with Gasteiger partial charge in [0.25, 0.3) is 0 Å². The van der Waals surface area contributed by atoms with Crippen molar-refractivity contribution in [2.75, 3.05) is 26.2 Å². The molecule has 0 spiro atoms. The van der Waals surface area contributed by atoms with Crippen molar-refractivity contribution < 1.29 is 9.53 Å². The van der Waals surface area contributed by atoms with Gasteiger partial charge in [-0.25, -0.2) is 0 Å². The fourth-order valence-electron chi connectivity index (χ4n) is 4.17. The van der Waals surface area contributed by atoms with Gasteiger partial charge in [-0.15, -0.1) is 0 Å². The van der Waals surface area contributed by atoms with E-state index in [4.69, 9.17) is 4.74 Å². The number of rotatable bonds is 7. The number of carbonyl (C=O) groups is 1. The molecule has 156 valence electrons. The third kappa shape index (κ3) is 5.39. The normalized spacial score (nSPS) is 15.2. The molecule has 1 aliphatic rings. The zero-order chi connectivity index (χ0) is 20.8. The van der Waals surface area contributed by atoms with E-state index in [1.54, 1.807) is 0 Å². The molecular weight excluding hydrogens is 372 g/mol. The second-order valence-corrected chi connectivity index (χ2v) is 8.19. The summed E-state index contributed by atoms with van der Waals surface area (Å²) < 4.78 is 5.82. The molecule has 4 heteroatoms. The minimum absolute atomic E-state index is 0.111. The molecule has 3 aromatic carbocycles. The molecular formula is C26H30N2O2. The van der Waals surface area contributed by atoms with Crippen molar-refractivity contribution in [2.24, 2.45) is 5.92 Å². The Kier molecular flexibility index (Phi) is 6.65. The smallest absolute Gasteiger partial charge is 0.223 e. The molecule has 30 heavy (non-hydrogen) atoms. The number of amides is 1. The van der Waals surface area contributed by atoms with Gasteiger partial charge >= 0.3 is 0 Å². The van der Waals surface area contributed by atoms with Gasteiger partial charge < -0.3 is 10.1 Å². The lowest BCUT2D eigenvalue weighted by atomic mass is 9.95. The molecule has 1 amide bonds. The van der Waals surface area contributed by atoms with E-state index in [1.165, 1.54) is 16.5 Å². The van der Waals surface area contributed by atoms with Crippen LogP contribution in [0.15, 0.2) is 66.7 Å². The largest absolute Gasteiger partial charge is 0.492 e. The summed E-state index contributed by atoms with van der Waals surface area (Å²) in [5.74, 6) is 1.11. The molecule has 1 N–H and O–H groups in total. The third-order valence-corrected chi connectivity index (χ3v) is 5.84. The van der Waals surface area contributed by atoms with Crippen LogP contribution in [0.3, 0.4) is 0 Å². The number of likely N-dealkylation sites (tertiary alicyclic amines) is 1. The van der Waals surface area contributed by atoms with Crippen LogP contribution in [0.1, 0.15) is 24.0 Å². The average Bonchev–Trinajstić information content (AvgIpc) is 2.77. The van der Waals surface area contributed by atoms with Crippen molar-refractivity contribution in [3.8, 4) is 5.75 Å². The predicted molar refractivity (Wildman–Crippen MR) is 122 cm³/mol. The molecule has 0 atom stereocenters. The third-order valence-electron chi connectivity index (χ3n) is 5.84. The molecule has 0 radical (unpaired) electrons. The Morgan fingerprint density at radius 2 is 1.80 bits per heavy atom. The first-order chi connectivity index (χ1) is 14.7. The fourth-order valence-corrected chi connectivity index (χ4v) is 4.17. The summed E-state index contributed by atoms with van der Waals surface area (Å²) in [5.41, 5.74) is 2.65. The van der Waals surface area contributed by atoms with Gasteiger partial charge in [-0.2, -0.15) is 0 Å². The summed E-state index contributed by atoms with van der Waals surface area (Å²) in [6, 6.07) is 23.0. The van der Waals surface area contributed by atoms with E-state index in [1.807, 2.05) is 24.3 Å². The second-order valence-electron chi connectivity index (χ2n) is 8.19. The van der Waals surface area contributed by atoms with Gasteiger partial charge in [0.15, 0.2) is 0 Å². The quantitative estimate of drug-likeness (QED) is 0.589. The summed E-state index contributed by atoms with van der Waals surface area (Å²) >= 11 is 0. The highest BCUT2D eigenvalue weighted by Crippen LogP contribution is 2.21. The van der Waals surface area contributed by atoms with E-state index in [-0.39, 0.29) is 11.8 Å². The first-order valence-corrected chi connectivity index (χ1v) is 10.8. The van der Waals surface area contributed by atoms with Crippen LogP contribution in [-0.2, 0) is 11.3 Å². The molecule has 1 heterocycles. The lowest BCUT2D eigenvalue weighted by Crippen LogP contribution is -2.41. The van der Waals surface area contributed by atoms with Crippen LogP contribution in [0, 0.1) is 12.8 Å². The predicted octanol–water partition coefficient (Wildman–Crippen LogP) is 4.56. The zero-order valence-electron chi connectivity index (χ0n) is 17.6. The molecule has 0 bridgehead atoms. The maximum atomic E-state index is 12.5. The van der Waals surface area contributed by atoms with E-state index in [9.17, 15) is 4.79 Å². The molecule has 3 aromatic rings. The maximum Gasteiger partial charge on any atom is 0.223 e. The second kappa shape index (κ2) is 9.77. The van der Waals surface area contributed by atoms with Gasteiger partial charge in [-0.05, 0) is 61.3 Å². The summed E-state index contributed by atoms with van der Waals surface area (Å²) in [7, 11) is 0. The monoisotopic (exact) mass is 402 g/mol. The molecule has 0 aromatic heterocycles. The Hall–Kier alpha value is -2.85. The number of ether oxygens (including phenoxy) is 1. The van der Waals surface area contributed by atoms with Gasteiger partial charge in [-0.1, -0.05) is 60.2 Å². The van der Waals surface area contributed by atoms with Gasteiger partial charge in [0.05, 0.1) is 6.54 Å². The van der Waals surface area contributed by atoms with E-state index < -0.39 is 0 Å². The highest BCUT2D eigenvalue weighted by atomic mass is 16.5. The summed E-state index contributed by atoms with van der Waals surface area (Å²) in [6.07, 6.45) is 1.84. The molecule has 0 aliphatic carbocycles. The van der Waals surface area contributed by atoms with Gasteiger partial charge in [-0.3, -0.25) is 9.69 Å². The Labute approximate surface area is 178 Å². The summed E-state index contributed by atoms with van der Waals surface area (Å²) in [6.45, 7) is 6.06. The minimum Gasteiger partial charge on any atom is -0.492 e. The lowest BCUT2D eigenvalue weighted by Gasteiger charge is -2.31. The van der Waals surface area contributed by atoms with Crippen LogP contribution in [0.5, 0.6) is 5.75 Å². The van der Waals surface area contributed by atoms with Crippen LogP contribution >= 0.6 is 0 Å². The maximum absolute atomic E-state index is 12.5. The Morgan fingerprint density at radius 1 is 1.00 bits per heavy atom. The number of aryl methyl sites for hydroxylation is 1. The first-order valence-electron chi connectivity index (χ1n) is 10.8. The SMILES string of the molecule is Cc1cccc(CN2CCC(C(=O)NCCOc3ccc4ccccc4c3)CC2)c1. The number of benzene rings is 3. The van der Waals surface area contributed by atoms with E-state index in [2.05, 4.69) is 59.6 Å². The highest BCUT2D eigenvalue weighted by molar-refractivity contribution is 5.83. The van der Waals surface area contributed by atoms with Crippen LogP contribution < -0.4 is 10.1 Å². The van der Waals surface area contributed by atoms with Crippen molar-refractivity contribution in [1.82, 2.24) is 10.2 Å². The van der Waals surface area contributed by atoms with Crippen molar-refractivity contribution in [1.29, 1.82) is 0 Å². The van der Waals surface area contributed by atoms with Crippen LogP contribution in [0.4, 0.5) is 0 Å². The standard InChI is InChI=1S/C26H30N2O2/c1-20-5-4-6-21(17-20)19-28-14-11-23(12-15-28)26(29)27-13-16-30-25-10-9-22-7-2-3-8-24(22)18-25/h2-10,17-18,23H,11-16,19H2,1H3,(H,27,29). The van der Waals surface area contributed by atoms with Crippen molar-refractivity contribution in [2.45, 2.75) is 26.3 Å². The van der Waals surface area contributed by atoms with Crippen molar-refractivity contribution >= 4 is 16.7 Å². The Bertz CT molecular complexity index is 993. The molecule has 1 aliphatic heterocycles. The summed E-state index contributed by atoms with van der Waals surface area (Å²) in [4.78, 5) is 15.0. The van der Waals surface area contributed by atoms with Crippen molar-refractivity contribution in [3.05, 3.63) is 77.9 Å². The van der Waals surface area contributed by atoms with Crippen LogP contribution in [-0.4, -0.2) is 37.0 Å². The highest BCUT2D eigenvalue weighted by Gasteiger charge is 2.24. The topological polar surface area (TPSA) is 41.6 Å². The Morgan fingerprint density at radius 3 is 2.60 bits per heavy atom. The molecule has 0 unspecified atom stereocenters. The molecule has 1 fully saturated rings. The Balaban J connectivity index is 1.17. The first kappa shape index (κ1) is 20.4. The molecule has 1 saturated heterocycles. The van der Waals surface area contributed by atoms with Crippen LogP contribution in [0.2, 0.25) is 0 Å². The van der Waals surface area contributed by atoms with Gasteiger partial charge in [0, 0.05) is 12.5 Å². The molecule has 0 saturated carbocycles. The number of hydrogen-bond donors (Lipinski definition) is 1. The zero-order valence-corrected chi connectivity index (χ0v) is 17.6. The lowest BCUT2D eigenvalue weighted by molar-refractivity contribution is -0.126. The van der Waals surface area contributed by atoms with Gasteiger partial charge in [0.1, 0.15) is 12.4 Å². The average molecular weight is 403 g/mol. The number of nitrogens with zero attached hydrogens (tertiary/aromatic N) is 1. The van der Waals surface area contributed by atoms with Crippen LogP contribution in [0.25, 0.3) is 10.8 Å². The molecule has 4 rings (SSSR count). The van der Waals surface area contributed by atoms with E-state index >= 15 is 0 Å². The molecule has 4 nitrogen and oxygen atoms in total. The fraction of sp³-hybridized carbons (Fsp3) is 0.346. The summed E-state index contributed by atoms with van der Waals surface area (Å²) in [5, 5.41) is 5.41. The van der Waals surface area contributed by atoms with Crippen molar-refractivity contribution in [3.63, 3.8) is 0 Å². The van der Waals surface area contributed by atoms with E-state index in [0.717, 1.165) is 43.6 Å². The number of hydrogen-bond acceptors (Lipinski definition) is 3. The number of carbonyl (C=O) groups excluding carboxylic acids is 1. The minimum atomic E-state index is 0.111. The van der Waals surface area contributed by atoms with E-state index in [0.29, 0.717) is 13.2 Å².